The van der Waals surface area contributed by atoms with Crippen LogP contribution in [0.25, 0.3) is 0 Å². The van der Waals surface area contributed by atoms with E-state index in [-0.39, 0.29) is 12.5 Å². The summed E-state index contributed by atoms with van der Waals surface area (Å²) in [6.45, 7) is 2.65. The van der Waals surface area contributed by atoms with Gasteiger partial charge in [-0.05, 0) is 0 Å². The van der Waals surface area contributed by atoms with E-state index in [1.54, 1.807) is 12.0 Å². The predicted molar refractivity (Wildman–Crippen MR) is 60.8 cm³/mol. The molecule has 1 aliphatic heterocycles. The van der Waals surface area contributed by atoms with E-state index in [2.05, 4.69) is 10.6 Å². The van der Waals surface area contributed by atoms with Gasteiger partial charge in [-0.15, -0.1) is 0 Å². The second-order valence-corrected chi connectivity index (χ2v) is 3.87. The first-order valence-electron chi connectivity index (χ1n) is 5.58. The number of nitrogens with zero attached hydrogens (tertiary/aromatic N) is 1. The largest absolute Gasteiger partial charge is 0.480 e. The van der Waals surface area contributed by atoms with E-state index in [0.717, 1.165) is 0 Å². The molecule has 0 spiro atoms. The summed E-state index contributed by atoms with van der Waals surface area (Å²) in [5.74, 6) is -1.07. The molecule has 1 atom stereocenters. The minimum atomic E-state index is -0.901. The van der Waals surface area contributed by atoms with Crippen molar-refractivity contribution in [2.75, 3.05) is 46.4 Å². The van der Waals surface area contributed by atoms with Crippen LogP contribution in [0.5, 0.6) is 0 Å². The predicted octanol–water partition coefficient (Wildman–Crippen LogP) is -1.89. The first kappa shape index (κ1) is 13.9. The van der Waals surface area contributed by atoms with E-state index in [1.165, 1.54) is 0 Å². The molecular weight excluding hydrogens is 226 g/mol. The quantitative estimate of drug-likeness (QED) is 0.474. The number of carboxylic acid groups (broad SMARTS) is 1. The van der Waals surface area contributed by atoms with Crippen molar-refractivity contribution >= 4 is 11.9 Å². The highest BCUT2D eigenvalue weighted by molar-refractivity contribution is 5.80. The van der Waals surface area contributed by atoms with E-state index in [4.69, 9.17) is 9.84 Å². The van der Waals surface area contributed by atoms with Crippen molar-refractivity contribution in [3.05, 3.63) is 0 Å². The summed E-state index contributed by atoms with van der Waals surface area (Å²) in [5, 5.41) is 14.7. The Morgan fingerprint density at radius 1 is 1.59 bits per heavy atom. The molecule has 0 aromatic carbocycles. The molecule has 1 amide bonds. The summed E-state index contributed by atoms with van der Waals surface area (Å²) in [5.41, 5.74) is 0. The Bertz CT molecular complexity index is 272. The molecule has 1 unspecified atom stereocenters. The van der Waals surface area contributed by atoms with Gasteiger partial charge in [0, 0.05) is 33.3 Å². The zero-order valence-electron chi connectivity index (χ0n) is 9.94. The van der Waals surface area contributed by atoms with Crippen molar-refractivity contribution in [3.8, 4) is 0 Å². The van der Waals surface area contributed by atoms with Crippen molar-refractivity contribution in [2.45, 2.75) is 6.04 Å². The van der Waals surface area contributed by atoms with Crippen LogP contribution in [0.3, 0.4) is 0 Å². The number of hydrogen-bond donors (Lipinski definition) is 3. The number of hydrogen-bond acceptors (Lipinski definition) is 5. The van der Waals surface area contributed by atoms with Crippen LogP contribution in [0.2, 0.25) is 0 Å². The molecule has 0 aliphatic carbocycles. The topological polar surface area (TPSA) is 90.9 Å². The summed E-state index contributed by atoms with van der Waals surface area (Å²) in [7, 11) is 1.56. The molecule has 3 N–H and O–H groups in total. The number of rotatable bonds is 6. The summed E-state index contributed by atoms with van der Waals surface area (Å²) < 4.78 is 4.81. The van der Waals surface area contributed by atoms with Crippen LogP contribution in [0.4, 0.5) is 0 Å². The Kier molecular flexibility index (Phi) is 5.88. The highest BCUT2D eigenvalue weighted by Gasteiger charge is 2.29. The standard InChI is InChI=1S/C10H19N3O4/c1-17-5-3-12-9(14)7-13-4-2-11-6-8(13)10(15)16/h8,11H,2-7H2,1H3,(H,12,14)(H,15,16). The van der Waals surface area contributed by atoms with Crippen LogP contribution in [-0.4, -0.2) is 74.4 Å². The number of carbonyl (C=O) groups excluding carboxylic acids is 1. The fraction of sp³-hybridized carbons (Fsp3) is 0.800. The van der Waals surface area contributed by atoms with Gasteiger partial charge in [0.25, 0.3) is 0 Å². The Morgan fingerprint density at radius 2 is 2.35 bits per heavy atom. The van der Waals surface area contributed by atoms with Gasteiger partial charge in [0.1, 0.15) is 6.04 Å². The maximum absolute atomic E-state index is 11.5. The molecule has 0 aromatic heterocycles. The lowest BCUT2D eigenvalue weighted by molar-refractivity contribution is -0.144. The minimum Gasteiger partial charge on any atom is -0.480 e. The monoisotopic (exact) mass is 245 g/mol. The Balaban J connectivity index is 2.36. The first-order valence-corrected chi connectivity index (χ1v) is 5.58. The average molecular weight is 245 g/mol. The third kappa shape index (κ3) is 4.68. The molecule has 0 bridgehead atoms. The number of ether oxygens (including phenoxy) is 1. The lowest BCUT2D eigenvalue weighted by Gasteiger charge is -2.32. The van der Waals surface area contributed by atoms with Crippen molar-refractivity contribution in [2.24, 2.45) is 0 Å². The second kappa shape index (κ2) is 7.21. The van der Waals surface area contributed by atoms with Crippen molar-refractivity contribution in [1.29, 1.82) is 0 Å². The Hall–Kier alpha value is -1.18. The van der Waals surface area contributed by atoms with Crippen LogP contribution in [0.1, 0.15) is 0 Å². The van der Waals surface area contributed by atoms with Crippen LogP contribution in [0.15, 0.2) is 0 Å². The lowest BCUT2D eigenvalue weighted by atomic mass is 10.2. The number of carboxylic acids is 1. The molecule has 17 heavy (non-hydrogen) atoms. The molecule has 0 saturated carbocycles. The molecule has 7 nitrogen and oxygen atoms in total. The average Bonchev–Trinajstić information content (AvgIpc) is 2.29. The van der Waals surface area contributed by atoms with Crippen LogP contribution < -0.4 is 10.6 Å². The van der Waals surface area contributed by atoms with Gasteiger partial charge in [0.2, 0.25) is 5.91 Å². The Morgan fingerprint density at radius 3 is 3.00 bits per heavy atom. The fourth-order valence-corrected chi connectivity index (χ4v) is 1.71. The second-order valence-electron chi connectivity index (χ2n) is 3.87. The van der Waals surface area contributed by atoms with Crippen molar-refractivity contribution < 1.29 is 19.4 Å². The van der Waals surface area contributed by atoms with Crippen LogP contribution >= 0.6 is 0 Å². The van der Waals surface area contributed by atoms with Crippen LogP contribution in [-0.2, 0) is 14.3 Å². The van der Waals surface area contributed by atoms with E-state index in [9.17, 15) is 9.59 Å². The molecule has 1 saturated heterocycles. The fourth-order valence-electron chi connectivity index (χ4n) is 1.71. The summed E-state index contributed by atoms with van der Waals surface area (Å²) in [4.78, 5) is 24.2. The molecule has 98 valence electrons. The SMILES string of the molecule is COCCNC(=O)CN1CCNCC1C(=O)O. The molecule has 0 radical (unpaired) electrons. The van der Waals surface area contributed by atoms with Gasteiger partial charge in [-0.1, -0.05) is 0 Å². The number of carbonyl (C=O) groups is 2. The van der Waals surface area contributed by atoms with Gasteiger partial charge < -0.3 is 20.5 Å². The highest BCUT2D eigenvalue weighted by Crippen LogP contribution is 2.02. The highest BCUT2D eigenvalue weighted by atomic mass is 16.5. The summed E-state index contributed by atoms with van der Waals surface area (Å²) in [6, 6.07) is -0.628. The first-order chi connectivity index (χ1) is 8.15. The van der Waals surface area contributed by atoms with Crippen LogP contribution in [0, 0.1) is 0 Å². The van der Waals surface area contributed by atoms with Gasteiger partial charge in [-0.3, -0.25) is 14.5 Å². The maximum Gasteiger partial charge on any atom is 0.322 e. The number of amides is 1. The number of methoxy groups -OCH3 is 1. The minimum absolute atomic E-state index is 0.113. The number of aliphatic carboxylic acids is 1. The molecule has 1 heterocycles. The smallest absolute Gasteiger partial charge is 0.322 e. The molecular formula is C10H19N3O4. The van der Waals surface area contributed by atoms with Gasteiger partial charge in [-0.25, -0.2) is 0 Å². The van der Waals surface area contributed by atoms with E-state index in [0.29, 0.717) is 32.8 Å². The van der Waals surface area contributed by atoms with Gasteiger partial charge in [0.15, 0.2) is 0 Å². The van der Waals surface area contributed by atoms with Gasteiger partial charge in [0.05, 0.1) is 13.2 Å². The summed E-state index contributed by atoms with van der Waals surface area (Å²) >= 11 is 0. The molecule has 1 aliphatic rings. The third-order valence-electron chi connectivity index (χ3n) is 2.61. The maximum atomic E-state index is 11.5. The zero-order chi connectivity index (χ0) is 12.7. The van der Waals surface area contributed by atoms with E-state index >= 15 is 0 Å². The normalized spacial score (nSPS) is 21.1. The lowest BCUT2D eigenvalue weighted by Crippen LogP contribution is -2.57. The molecule has 7 heteroatoms. The Labute approximate surface area is 100 Å². The van der Waals surface area contributed by atoms with Gasteiger partial charge in [-0.2, -0.15) is 0 Å². The third-order valence-corrected chi connectivity index (χ3v) is 2.61. The summed E-state index contributed by atoms with van der Waals surface area (Å²) in [6.07, 6.45) is 0. The number of piperazine rings is 1. The molecule has 1 rings (SSSR count). The van der Waals surface area contributed by atoms with E-state index in [1.807, 2.05) is 0 Å². The van der Waals surface area contributed by atoms with Crippen molar-refractivity contribution in [3.63, 3.8) is 0 Å². The van der Waals surface area contributed by atoms with E-state index < -0.39 is 12.0 Å². The number of nitrogens with one attached hydrogen (secondary N) is 2. The van der Waals surface area contributed by atoms with Crippen molar-refractivity contribution in [1.82, 2.24) is 15.5 Å². The molecule has 0 aromatic rings. The zero-order valence-corrected chi connectivity index (χ0v) is 9.94. The van der Waals surface area contributed by atoms with Gasteiger partial charge >= 0.3 is 5.97 Å². The molecule has 1 fully saturated rings.